The van der Waals surface area contributed by atoms with Crippen LogP contribution < -0.4 is 5.32 Å². The first kappa shape index (κ1) is 14.9. The molecule has 0 saturated heterocycles. The van der Waals surface area contributed by atoms with Crippen molar-refractivity contribution in [3.05, 3.63) is 11.6 Å². The monoisotopic (exact) mass is 269 g/mol. The Hall–Kier alpha value is -2.12. The molecule has 2 amide bonds. The van der Waals surface area contributed by atoms with Gasteiger partial charge in [0.2, 0.25) is 0 Å². The third-order valence-corrected chi connectivity index (χ3v) is 2.93. The second-order valence-corrected chi connectivity index (χ2v) is 4.61. The normalized spacial score (nSPS) is 13.7. The number of carboxylic acid groups (broad SMARTS) is 1. The molecule has 0 spiro atoms. The SMILES string of the molecule is CCC(C)(NC(=O)N(C)Cc1n[nH]c(C)n1)C(=O)O. The van der Waals surface area contributed by atoms with Crippen molar-refractivity contribution in [3.63, 3.8) is 0 Å². The van der Waals surface area contributed by atoms with Crippen molar-refractivity contribution in [2.45, 2.75) is 39.3 Å². The molecule has 0 aromatic carbocycles. The van der Waals surface area contributed by atoms with Gasteiger partial charge in [0.05, 0.1) is 6.54 Å². The van der Waals surface area contributed by atoms with Crippen LogP contribution in [0, 0.1) is 6.92 Å². The molecule has 8 heteroatoms. The molecular formula is C11H19N5O3. The molecule has 1 rings (SSSR count). The van der Waals surface area contributed by atoms with Crippen LogP contribution in [0.3, 0.4) is 0 Å². The van der Waals surface area contributed by atoms with Gasteiger partial charge in [0.25, 0.3) is 0 Å². The lowest BCUT2D eigenvalue weighted by Crippen LogP contribution is -2.55. The maximum absolute atomic E-state index is 11.9. The third kappa shape index (κ3) is 3.67. The van der Waals surface area contributed by atoms with E-state index < -0.39 is 17.5 Å². The van der Waals surface area contributed by atoms with Crippen LogP contribution in [0.1, 0.15) is 31.9 Å². The Balaban J connectivity index is 2.65. The van der Waals surface area contributed by atoms with Gasteiger partial charge in [-0.25, -0.2) is 14.6 Å². The fourth-order valence-corrected chi connectivity index (χ4v) is 1.37. The summed E-state index contributed by atoms with van der Waals surface area (Å²) in [7, 11) is 1.55. The zero-order chi connectivity index (χ0) is 14.6. The molecule has 0 radical (unpaired) electrons. The molecule has 1 unspecified atom stereocenters. The number of H-pyrrole nitrogens is 1. The van der Waals surface area contributed by atoms with Crippen molar-refractivity contribution in [1.82, 2.24) is 25.4 Å². The molecule has 8 nitrogen and oxygen atoms in total. The lowest BCUT2D eigenvalue weighted by atomic mass is 10.00. The van der Waals surface area contributed by atoms with E-state index in [4.69, 9.17) is 5.11 Å². The average molecular weight is 269 g/mol. The highest BCUT2D eigenvalue weighted by Crippen LogP contribution is 2.10. The number of carbonyl (C=O) groups is 2. The molecule has 0 aliphatic rings. The number of hydrogen-bond acceptors (Lipinski definition) is 4. The minimum absolute atomic E-state index is 0.204. The lowest BCUT2D eigenvalue weighted by molar-refractivity contribution is -0.143. The number of aromatic amines is 1. The van der Waals surface area contributed by atoms with Crippen molar-refractivity contribution in [2.24, 2.45) is 0 Å². The first-order chi connectivity index (χ1) is 8.78. The quantitative estimate of drug-likeness (QED) is 0.721. The number of carboxylic acids is 1. The van der Waals surface area contributed by atoms with E-state index >= 15 is 0 Å². The molecule has 1 aromatic rings. The van der Waals surface area contributed by atoms with E-state index in [0.29, 0.717) is 18.1 Å². The Morgan fingerprint density at radius 3 is 2.58 bits per heavy atom. The number of urea groups is 1. The summed E-state index contributed by atoms with van der Waals surface area (Å²) in [4.78, 5) is 28.4. The molecule has 0 aliphatic carbocycles. The highest BCUT2D eigenvalue weighted by Gasteiger charge is 2.33. The number of carbonyl (C=O) groups excluding carboxylic acids is 1. The van der Waals surface area contributed by atoms with Crippen molar-refractivity contribution in [3.8, 4) is 0 Å². The van der Waals surface area contributed by atoms with Gasteiger partial charge in [0, 0.05) is 7.05 Å². The summed E-state index contributed by atoms with van der Waals surface area (Å²) in [6, 6.07) is -0.478. The maximum atomic E-state index is 11.9. The van der Waals surface area contributed by atoms with Crippen LogP contribution in [0.5, 0.6) is 0 Å². The van der Waals surface area contributed by atoms with Crippen molar-refractivity contribution < 1.29 is 14.7 Å². The van der Waals surface area contributed by atoms with Crippen molar-refractivity contribution >= 4 is 12.0 Å². The summed E-state index contributed by atoms with van der Waals surface area (Å²) in [5.74, 6) is 0.0712. The minimum atomic E-state index is -1.28. The molecule has 3 N–H and O–H groups in total. The van der Waals surface area contributed by atoms with E-state index in [1.807, 2.05) is 0 Å². The molecule has 1 atom stereocenters. The highest BCUT2D eigenvalue weighted by atomic mass is 16.4. The van der Waals surface area contributed by atoms with E-state index in [-0.39, 0.29) is 6.54 Å². The zero-order valence-corrected chi connectivity index (χ0v) is 11.5. The average Bonchev–Trinajstić information content (AvgIpc) is 2.74. The topological polar surface area (TPSA) is 111 Å². The Kier molecular flexibility index (Phi) is 4.47. The molecule has 1 aromatic heterocycles. The summed E-state index contributed by atoms with van der Waals surface area (Å²) in [5, 5.41) is 18.2. The predicted molar refractivity (Wildman–Crippen MR) is 67.5 cm³/mol. The van der Waals surface area contributed by atoms with Gasteiger partial charge in [-0.2, -0.15) is 5.10 Å². The molecule has 106 valence electrons. The van der Waals surface area contributed by atoms with Crippen molar-refractivity contribution in [2.75, 3.05) is 7.05 Å². The van der Waals surface area contributed by atoms with Crippen LogP contribution in [-0.2, 0) is 11.3 Å². The smallest absolute Gasteiger partial charge is 0.329 e. The van der Waals surface area contributed by atoms with E-state index in [0.717, 1.165) is 0 Å². The fourth-order valence-electron chi connectivity index (χ4n) is 1.37. The molecule has 0 bridgehead atoms. The largest absolute Gasteiger partial charge is 0.480 e. The summed E-state index contributed by atoms with van der Waals surface area (Å²) < 4.78 is 0. The number of rotatable bonds is 5. The van der Waals surface area contributed by atoms with Crippen LogP contribution in [0.4, 0.5) is 4.79 Å². The van der Waals surface area contributed by atoms with E-state index in [9.17, 15) is 9.59 Å². The van der Waals surface area contributed by atoms with Gasteiger partial charge >= 0.3 is 12.0 Å². The number of nitrogens with zero attached hydrogens (tertiary/aromatic N) is 3. The molecule has 0 aliphatic heterocycles. The first-order valence-electron chi connectivity index (χ1n) is 5.93. The summed E-state index contributed by atoms with van der Waals surface area (Å²) in [5.41, 5.74) is -1.28. The number of nitrogens with one attached hydrogen (secondary N) is 2. The number of aliphatic carboxylic acids is 1. The Morgan fingerprint density at radius 2 is 2.16 bits per heavy atom. The summed E-state index contributed by atoms with van der Waals surface area (Å²) >= 11 is 0. The Bertz CT molecular complexity index is 473. The highest BCUT2D eigenvalue weighted by molar-refractivity contribution is 5.85. The van der Waals surface area contributed by atoms with Crippen LogP contribution in [0.15, 0.2) is 0 Å². The maximum Gasteiger partial charge on any atom is 0.329 e. The van der Waals surface area contributed by atoms with E-state index in [1.54, 1.807) is 20.9 Å². The lowest BCUT2D eigenvalue weighted by Gasteiger charge is -2.27. The second-order valence-electron chi connectivity index (χ2n) is 4.61. The zero-order valence-electron chi connectivity index (χ0n) is 11.5. The molecular weight excluding hydrogens is 250 g/mol. The van der Waals surface area contributed by atoms with Crippen molar-refractivity contribution in [1.29, 1.82) is 0 Å². The van der Waals surface area contributed by atoms with Gasteiger partial charge < -0.3 is 15.3 Å². The number of aryl methyl sites for hydroxylation is 1. The molecule has 0 fully saturated rings. The standard InChI is InChI=1S/C11H19N5O3/c1-5-11(3,9(17)18)13-10(19)16(4)6-8-12-7(2)14-15-8/h5-6H2,1-4H3,(H,13,19)(H,17,18)(H,12,14,15). The molecule has 1 heterocycles. The fraction of sp³-hybridized carbons (Fsp3) is 0.636. The van der Waals surface area contributed by atoms with Gasteiger partial charge in [-0.05, 0) is 20.3 Å². The van der Waals surface area contributed by atoms with Crippen LogP contribution in [0.2, 0.25) is 0 Å². The van der Waals surface area contributed by atoms with Gasteiger partial charge in [0.1, 0.15) is 11.4 Å². The van der Waals surface area contributed by atoms with E-state index in [1.165, 1.54) is 11.8 Å². The van der Waals surface area contributed by atoms with Gasteiger partial charge in [0.15, 0.2) is 5.82 Å². The van der Waals surface area contributed by atoms with Gasteiger partial charge in [-0.15, -0.1) is 0 Å². The summed E-state index contributed by atoms with van der Waals surface area (Å²) in [6.45, 7) is 5.13. The van der Waals surface area contributed by atoms with Crippen LogP contribution in [-0.4, -0.2) is 49.8 Å². The summed E-state index contributed by atoms with van der Waals surface area (Å²) in [6.07, 6.45) is 0.293. The third-order valence-electron chi connectivity index (χ3n) is 2.93. The number of hydrogen-bond donors (Lipinski definition) is 3. The number of amides is 2. The van der Waals surface area contributed by atoms with Crippen LogP contribution in [0.25, 0.3) is 0 Å². The second kappa shape index (κ2) is 5.68. The van der Waals surface area contributed by atoms with Crippen LogP contribution >= 0.6 is 0 Å². The van der Waals surface area contributed by atoms with E-state index in [2.05, 4.69) is 20.5 Å². The van der Waals surface area contributed by atoms with Gasteiger partial charge in [-0.1, -0.05) is 6.92 Å². The number of aromatic nitrogens is 3. The first-order valence-corrected chi connectivity index (χ1v) is 5.93. The predicted octanol–water partition coefficient (Wildman–Crippen LogP) is 0.508. The van der Waals surface area contributed by atoms with Gasteiger partial charge in [-0.3, -0.25) is 5.10 Å². The molecule has 0 saturated carbocycles. The Labute approximate surface area is 111 Å². The minimum Gasteiger partial charge on any atom is -0.480 e. The molecule has 19 heavy (non-hydrogen) atoms. The Morgan fingerprint density at radius 1 is 1.53 bits per heavy atom.